The lowest BCUT2D eigenvalue weighted by Crippen LogP contribution is -2.48. The van der Waals surface area contributed by atoms with Gasteiger partial charge in [-0.25, -0.2) is 0 Å². The van der Waals surface area contributed by atoms with Crippen LogP contribution in [0.15, 0.2) is 95.4 Å². The highest BCUT2D eigenvalue weighted by Crippen LogP contribution is 2.28. The molecule has 1 amide bonds. The van der Waals surface area contributed by atoms with Crippen molar-refractivity contribution in [1.82, 2.24) is 9.80 Å². The van der Waals surface area contributed by atoms with Gasteiger partial charge in [0.1, 0.15) is 11.5 Å². The molecule has 4 aromatic rings. The molecule has 6 nitrogen and oxygen atoms in total. The van der Waals surface area contributed by atoms with Crippen molar-refractivity contribution in [3.05, 3.63) is 119 Å². The van der Waals surface area contributed by atoms with Crippen LogP contribution in [0.3, 0.4) is 0 Å². The van der Waals surface area contributed by atoms with E-state index in [9.17, 15) is 4.79 Å². The van der Waals surface area contributed by atoms with Gasteiger partial charge in [0.2, 0.25) is 0 Å². The molecule has 3 aromatic carbocycles. The van der Waals surface area contributed by atoms with Crippen LogP contribution in [-0.2, 0) is 19.6 Å². The van der Waals surface area contributed by atoms with Crippen LogP contribution in [0.1, 0.15) is 27.4 Å². The van der Waals surface area contributed by atoms with Crippen LogP contribution in [-0.4, -0.2) is 49.0 Å². The molecule has 2 heterocycles. The monoisotopic (exact) mass is 529 g/mol. The number of rotatable bonds is 9. The maximum absolute atomic E-state index is 13.2. The van der Waals surface area contributed by atoms with E-state index in [0.29, 0.717) is 25.4 Å². The molecule has 0 spiro atoms. The Morgan fingerprint density at radius 2 is 1.47 bits per heavy atom. The Labute approximate surface area is 229 Å². The molecule has 1 aliphatic heterocycles. The van der Waals surface area contributed by atoms with Crippen molar-refractivity contribution >= 4 is 23.2 Å². The third-order valence-corrected chi connectivity index (χ3v) is 7.07. The van der Waals surface area contributed by atoms with Gasteiger partial charge in [-0.3, -0.25) is 9.69 Å². The number of nitrogens with zero attached hydrogens (tertiary/aromatic N) is 3. The highest BCUT2D eigenvalue weighted by Gasteiger charge is 2.26. The minimum atomic E-state index is -0.0664. The molecular weight excluding hydrogens is 498 g/mol. The third-order valence-electron chi connectivity index (χ3n) is 6.81. The van der Waals surface area contributed by atoms with Gasteiger partial charge in [0.25, 0.3) is 5.91 Å². The van der Waals surface area contributed by atoms with Crippen LogP contribution in [0, 0.1) is 0 Å². The first-order valence-electron chi connectivity index (χ1n) is 12.9. The van der Waals surface area contributed by atoms with Gasteiger partial charge in [-0.05, 0) is 47.5 Å². The largest absolute Gasteiger partial charge is 0.495 e. The molecule has 196 valence electrons. The molecule has 5 rings (SSSR count). The molecule has 1 fully saturated rings. The Kier molecular flexibility index (Phi) is 8.31. The van der Waals surface area contributed by atoms with E-state index < -0.39 is 0 Å². The molecule has 1 aromatic heterocycles. The van der Waals surface area contributed by atoms with E-state index in [1.807, 2.05) is 71.6 Å². The van der Waals surface area contributed by atoms with Gasteiger partial charge < -0.3 is 19.0 Å². The van der Waals surface area contributed by atoms with Crippen molar-refractivity contribution in [1.29, 1.82) is 0 Å². The lowest BCUT2D eigenvalue weighted by Gasteiger charge is -2.36. The van der Waals surface area contributed by atoms with Crippen LogP contribution in [0.4, 0.5) is 5.69 Å². The van der Waals surface area contributed by atoms with Crippen LogP contribution in [0.5, 0.6) is 5.75 Å². The summed E-state index contributed by atoms with van der Waals surface area (Å²) in [7, 11) is 1.68. The van der Waals surface area contributed by atoms with Gasteiger partial charge in [0, 0.05) is 44.3 Å². The lowest BCUT2D eigenvalue weighted by atomic mass is 10.1. The fraction of sp³-hybridized carbons (Fsp3) is 0.258. The zero-order valence-electron chi connectivity index (χ0n) is 21.6. The summed E-state index contributed by atoms with van der Waals surface area (Å²) in [6, 6.07) is 30.0. The normalized spacial score (nSPS) is 13.7. The summed E-state index contributed by atoms with van der Waals surface area (Å²) in [4.78, 5) is 19.7. The van der Waals surface area contributed by atoms with Crippen LogP contribution < -0.4 is 9.64 Å². The number of para-hydroxylation sites is 2. The number of hydrogen-bond donors (Lipinski definition) is 0. The number of piperazine rings is 1. The summed E-state index contributed by atoms with van der Waals surface area (Å²) in [5, 5.41) is 0.723. The summed E-state index contributed by atoms with van der Waals surface area (Å²) in [5.74, 6) is 1.94. The quantitative estimate of drug-likeness (QED) is 0.262. The fourth-order valence-corrected chi connectivity index (χ4v) is 4.98. The second-order valence-corrected chi connectivity index (χ2v) is 9.91. The van der Waals surface area contributed by atoms with E-state index in [1.165, 1.54) is 11.1 Å². The number of carbonyl (C=O) groups excluding carboxylic acids is 1. The number of furan rings is 1. The number of carbonyl (C=O) groups is 1. The van der Waals surface area contributed by atoms with Crippen LogP contribution >= 0.6 is 11.6 Å². The molecule has 0 atom stereocenters. The number of ether oxygens (including phenoxy) is 1. The average molecular weight is 530 g/mol. The first-order chi connectivity index (χ1) is 18.6. The number of methoxy groups -OCH3 is 1. The minimum absolute atomic E-state index is 0.0664. The molecule has 0 radical (unpaired) electrons. The molecule has 1 aliphatic rings. The molecule has 38 heavy (non-hydrogen) atoms. The summed E-state index contributed by atoms with van der Waals surface area (Å²) >= 11 is 6.08. The molecule has 1 saturated heterocycles. The zero-order chi connectivity index (χ0) is 26.3. The summed E-state index contributed by atoms with van der Waals surface area (Å²) in [5.41, 5.74) is 3.44. The molecular formula is C31H32ClN3O3. The van der Waals surface area contributed by atoms with Crippen molar-refractivity contribution in [2.75, 3.05) is 38.2 Å². The topological polar surface area (TPSA) is 49.2 Å². The standard InChI is InChI=1S/C31H32ClN3O3/c1-37-29-10-6-5-9-28(29)34-17-19-35(20-18-34)31(36)30-16-15-27(38-30)23-33(21-24-7-3-2-4-8-24)22-25-11-13-26(32)14-12-25/h2-16H,17-23H2,1H3. The van der Waals surface area contributed by atoms with Gasteiger partial charge in [-0.15, -0.1) is 0 Å². The maximum atomic E-state index is 13.2. The number of anilines is 1. The Bertz CT molecular complexity index is 1330. The molecule has 0 aliphatic carbocycles. The lowest BCUT2D eigenvalue weighted by molar-refractivity contribution is 0.0710. The maximum Gasteiger partial charge on any atom is 0.289 e. The molecule has 0 unspecified atom stereocenters. The van der Waals surface area contributed by atoms with Gasteiger partial charge in [0.15, 0.2) is 5.76 Å². The van der Waals surface area contributed by atoms with E-state index in [0.717, 1.165) is 48.4 Å². The Morgan fingerprint density at radius 3 is 2.18 bits per heavy atom. The number of amides is 1. The number of halogens is 1. The van der Waals surface area contributed by atoms with E-state index in [2.05, 4.69) is 28.0 Å². The smallest absolute Gasteiger partial charge is 0.289 e. The van der Waals surface area contributed by atoms with Gasteiger partial charge in [0.05, 0.1) is 19.3 Å². The highest BCUT2D eigenvalue weighted by molar-refractivity contribution is 6.30. The van der Waals surface area contributed by atoms with Crippen molar-refractivity contribution in [3.63, 3.8) is 0 Å². The molecule has 0 bridgehead atoms. The second-order valence-electron chi connectivity index (χ2n) is 9.47. The predicted octanol–water partition coefficient (Wildman–Crippen LogP) is 6.11. The molecule has 7 heteroatoms. The van der Waals surface area contributed by atoms with Crippen molar-refractivity contribution in [2.24, 2.45) is 0 Å². The summed E-state index contributed by atoms with van der Waals surface area (Å²) < 4.78 is 11.6. The third kappa shape index (κ3) is 6.39. The highest BCUT2D eigenvalue weighted by atomic mass is 35.5. The van der Waals surface area contributed by atoms with Gasteiger partial charge in [-0.1, -0.05) is 66.2 Å². The zero-order valence-corrected chi connectivity index (χ0v) is 22.3. The Hall–Kier alpha value is -3.74. The fourth-order valence-electron chi connectivity index (χ4n) is 4.85. The Morgan fingerprint density at radius 1 is 0.816 bits per heavy atom. The van der Waals surface area contributed by atoms with Crippen molar-refractivity contribution < 1.29 is 13.9 Å². The SMILES string of the molecule is COc1ccccc1N1CCN(C(=O)c2ccc(CN(Cc3ccccc3)Cc3ccc(Cl)cc3)o2)CC1. The predicted molar refractivity (Wildman–Crippen MR) is 151 cm³/mol. The second kappa shape index (κ2) is 12.2. The first-order valence-corrected chi connectivity index (χ1v) is 13.2. The average Bonchev–Trinajstić information content (AvgIpc) is 3.43. The van der Waals surface area contributed by atoms with Crippen molar-refractivity contribution in [2.45, 2.75) is 19.6 Å². The minimum Gasteiger partial charge on any atom is -0.495 e. The summed E-state index contributed by atoms with van der Waals surface area (Å²) in [6.45, 7) is 4.83. The first kappa shape index (κ1) is 25.9. The summed E-state index contributed by atoms with van der Waals surface area (Å²) in [6.07, 6.45) is 0. The van der Waals surface area contributed by atoms with E-state index >= 15 is 0 Å². The van der Waals surface area contributed by atoms with Gasteiger partial charge in [-0.2, -0.15) is 0 Å². The van der Waals surface area contributed by atoms with Crippen LogP contribution in [0.25, 0.3) is 0 Å². The van der Waals surface area contributed by atoms with E-state index in [1.54, 1.807) is 13.2 Å². The van der Waals surface area contributed by atoms with Crippen LogP contribution in [0.2, 0.25) is 5.02 Å². The van der Waals surface area contributed by atoms with Crippen molar-refractivity contribution in [3.8, 4) is 5.75 Å². The molecule has 0 saturated carbocycles. The Balaban J connectivity index is 1.23. The van der Waals surface area contributed by atoms with E-state index in [4.69, 9.17) is 20.8 Å². The van der Waals surface area contributed by atoms with E-state index in [-0.39, 0.29) is 5.91 Å². The molecule has 0 N–H and O–H groups in total. The van der Waals surface area contributed by atoms with Gasteiger partial charge >= 0.3 is 0 Å². The number of hydrogen-bond acceptors (Lipinski definition) is 5. The number of benzene rings is 3.